The first-order chi connectivity index (χ1) is 7.08. The first-order valence-corrected chi connectivity index (χ1v) is 4.76. The van der Waals surface area contributed by atoms with Crippen LogP contribution in [0.3, 0.4) is 0 Å². The van der Waals surface area contributed by atoms with E-state index in [0.29, 0.717) is 18.8 Å². The Bertz CT molecular complexity index is 400. The average Bonchev–Trinajstić information content (AvgIpc) is 2.12. The van der Waals surface area contributed by atoms with Crippen molar-refractivity contribution < 1.29 is 10.0 Å². The maximum absolute atomic E-state index is 10.8. The lowest BCUT2D eigenvalue weighted by atomic mass is 10.1. The van der Waals surface area contributed by atoms with Crippen LogP contribution in [0.15, 0.2) is 18.2 Å². The van der Waals surface area contributed by atoms with Gasteiger partial charge in [-0.2, -0.15) is 0 Å². The van der Waals surface area contributed by atoms with Crippen LogP contribution >= 0.6 is 0 Å². The summed E-state index contributed by atoms with van der Waals surface area (Å²) >= 11 is 0. The molecule has 0 radical (unpaired) electrons. The molecular weight excluding hydrogens is 196 g/mol. The second-order valence-corrected chi connectivity index (χ2v) is 3.81. The van der Waals surface area contributed by atoms with Gasteiger partial charge in [0.2, 0.25) is 0 Å². The van der Waals surface area contributed by atoms with Crippen LogP contribution in [0.1, 0.15) is 5.56 Å². The lowest BCUT2D eigenvalue weighted by molar-refractivity contribution is -0.384. The fourth-order valence-corrected chi connectivity index (χ4v) is 1.69. The summed E-state index contributed by atoms with van der Waals surface area (Å²) in [6.45, 7) is 2.85. The van der Waals surface area contributed by atoms with Crippen molar-refractivity contribution in [2.24, 2.45) is 0 Å². The second kappa shape index (κ2) is 3.51. The molecule has 0 saturated carbocycles. The molecule has 0 bridgehead atoms. The SMILES string of the molecule is Cc1ccc([N+](=O)[O-])c(N2CC(O)C2)c1. The minimum absolute atomic E-state index is 0.104. The Morgan fingerprint density at radius 1 is 1.53 bits per heavy atom. The van der Waals surface area contributed by atoms with E-state index in [1.165, 1.54) is 6.07 Å². The van der Waals surface area contributed by atoms with Crippen molar-refractivity contribution in [3.8, 4) is 0 Å². The Hall–Kier alpha value is -1.62. The van der Waals surface area contributed by atoms with Crippen molar-refractivity contribution in [1.82, 2.24) is 0 Å². The third-order valence-electron chi connectivity index (χ3n) is 2.53. The van der Waals surface area contributed by atoms with Crippen LogP contribution in [-0.4, -0.2) is 29.2 Å². The highest BCUT2D eigenvalue weighted by atomic mass is 16.6. The molecule has 0 unspecified atom stereocenters. The second-order valence-electron chi connectivity index (χ2n) is 3.81. The molecule has 1 heterocycles. The van der Waals surface area contributed by atoms with E-state index in [1.807, 2.05) is 11.8 Å². The van der Waals surface area contributed by atoms with Gasteiger partial charge < -0.3 is 10.0 Å². The summed E-state index contributed by atoms with van der Waals surface area (Å²) in [6.07, 6.45) is -0.356. The van der Waals surface area contributed by atoms with E-state index < -0.39 is 0 Å². The summed E-state index contributed by atoms with van der Waals surface area (Å²) < 4.78 is 0. The number of aryl methyl sites for hydroxylation is 1. The van der Waals surface area contributed by atoms with Crippen LogP contribution in [0.25, 0.3) is 0 Å². The number of rotatable bonds is 2. The van der Waals surface area contributed by atoms with Gasteiger partial charge in [-0.1, -0.05) is 6.07 Å². The molecule has 5 heteroatoms. The molecule has 15 heavy (non-hydrogen) atoms. The minimum Gasteiger partial charge on any atom is -0.389 e. The van der Waals surface area contributed by atoms with Gasteiger partial charge in [0, 0.05) is 19.2 Å². The number of nitrogens with zero attached hydrogens (tertiary/aromatic N) is 2. The van der Waals surface area contributed by atoms with Gasteiger partial charge in [-0.15, -0.1) is 0 Å². The minimum atomic E-state index is -0.389. The zero-order chi connectivity index (χ0) is 11.0. The lowest BCUT2D eigenvalue weighted by Crippen LogP contribution is -2.51. The predicted molar refractivity (Wildman–Crippen MR) is 56.1 cm³/mol. The molecule has 1 fully saturated rings. The molecule has 80 valence electrons. The number of nitro benzene ring substituents is 1. The predicted octanol–water partition coefficient (Wildman–Crippen LogP) is 1.08. The van der Waals surface area contributed by atoms with Crippen LogP contribution in [0.4, 0.5) is 11.4 Å². The van der Waals surface area contributed by atoms with E-state index in [-0.39, 0.29) is 16.7 Å². The quantitative estimate of drug-likeness (QED) is 0.583. The number of aliphatic hydroxyl groups is 1. The molecule has 0 spiro atoms. The summed E-state index contributed by atoms with van der Waals surface area (Å²) in [5, 5.41) is 19.9. The molecule has 1 N–H and O–H groups in total. The summed E-state index contributed by atoms with van der Waals surface area (Å²) in [6, 6.07) is 5.01. The van der Waals surface area contributed by atoms with E-state index >= 15 is 0 Å². The number of nitro groups is 1. The third kappa shape index (κ3) is 1.78. The highest BCUT2D eigenvalue weighted by molar-refractivity contribution is 5.65. The fourth-order valence-electron chi connectivity index (χ4n) is 1.69. The van der Waals surface area contributed by atoms with Gasteiger partial charge in [-0.25, -0.2) is 0 Å². The van der Waals surface area contributed by atoms with E-state index in [1.54, 1.807) is 12.1 Å². The van der Waals surface area contributed by atoms with Gasteiger partial charge in [0.1, 0.15) is 5.69 Å². The molecule has 0 amide bonds. The maximum atomic E-state index is 10.8. The third-order valence-corrected chi connectivity index (χ3v) is 2.53. The Morgan fingerprint density at radius 2 is 2.20 bits per heavy atom. The molecule has 2 rings (SSSR count). The van der Waals surface area contributed by atoms with Gasteiger partial charge in [0.05, 0.1) is 11.0 Å². The van der Waals surface area contributed by atoms with E-state index in [9.17, 15) is 10.1 Å². The fraction of sp³-hybridized carbons (Fsp3) is 0.400. The Kier molecular flexibility index (Phi) is 2.32. The number of hydrogen-bond acceptors (Lipinski definition) is 4. The monoisotopic (exact) mass is 208 g/mol. The van der Waals surface area contributed by atoms with Crippen LogP contribution in [0, 0.1) is 17.0 Å². The van der Waals surface area contributed by atoms with Gasteiger partial charge in [0.15, 0.2) is 0 Å². The van der Waals surface area contributed by atoms with Gasteiger partial charge in [-0.3, -0.25) is 10.1 Å². The number of hydrogen-bond donors (Lipinski definition) is 1. The average molecular weight is 208 g/mol. The van der Waals surface area contributed by atoms with Crippen molar-refractivity contribution >= 4 is 11.4 Å². The zero-order valence-corrected chi connectivity index (χ0v) is 8.38. The highest BCUT2D eigenvalue weighted by Gasteiger charge is 2.29. The molecule has 1 aliphatic heterocycles. The lowest BCUT2D eigenvalue weighted by Gasteiger charge is -2.37. The highest BCUT2D eigenvalue weighted by Crippen LogP contribution is 2.31. The van der Waals surface area contributed by atoms with E-state index in [2.05, 4.69) is 0 Å². The van der Waals surface area contributed by atoms with Crippen LogP contribution in [0.2, 0.25) is 0 Å². The van der Waals surface area contributed by atoms with Crippen molar-refractivity contribution in [2.75, 3.05) is 18.0 Å². The van der Waals surface area contributed by atoms with Crippen LogP contribution < -0.4 is 4.90 Å². The zero-order valence-electron chi connectivity index (χ0n) is 8.38. The van der Waals surface area contributed by atoms with Crippen molar-refractivity contribution in [3.63, 3.8) is 0 Å². The first kappa shape index (κ1) is 9.92. The Balaban J connectivity index is 2.35. The molecule has 0 aliphatic carbocycles. The molecule has 0 atom stereocenters. The van der Waals surface area contributed by atoms with Crippen LogP contribution in [0.5, 0.6) is 0 Å². The number of benzene rings is 1. The number of anilines is 1. The molecule has 0 aromatic heterocycles. The summed E-state index contributed by atoms with van der Waals surface area (Å²) in [4.78, 5) is 12.2. The van der Waals surface area contributed by atoms with Gasteiger partial charge in [-0.05, 0) is 18.6 Å². The summed E-state index contributed by atoms with van der Waals surface area (Å²) in [5.41, 5.74) is 1.69. The van der Waals surface area contributed by atoms with Gasteiger partial charge in [0.25, 0.3) is 5.69 Å². The standard InChI is InChI=1S/C10H12N2O3/c1-7-2-3-9(12(14)15)10(4-7)11-5-8(13)6-11/h2-4,8,13H,5-6H2,1H3. The number of β-amino-alcohol motifs (C(OH)–C–C–N with tert-alkyl or cyclic N) is 1. The summed E-state index contributed by atoms with van der Waals surface area (Å²) in [5.74, 6) is 0. The normalized spacial score (nSPS) is 16.3. The van der Waals surface area contributed by atoms with Crippen molar-refractivity contribution in [2.45, 2.75) is 13.0 Å². The first-order valence-electron chi connectivity index (χ1n) is 4.76. The Morgan fingerprint density at radius 3 is 2.73 bits per heavy atom. The van der Waals surface area contributed by atoms with E-state index in [4.69, 9.17) is 5.11 Å². The smallest absolute Gasteiger partial charge is 0.292 e. The molecule has 1 aromatic carbocycles. The van der Waals surface area contributed by atoms with Crippen molar-refractivity contribution in [1.29, 1.82) is 0 Å². The molecule has 1 aromatic rings. The molecule has 5 nitrogen and oxygen atoms in total. The maximum Gasteiger partial charge on any atom is 0.292 e. The molecule has 1 aliphatic rings. The topological polar surface area (TPSA) is 66.6 Å². The number of aliphatic hydroxyl groups excluding tert-OH is 1. The van der Waals surface area contributed by atoms with Crippen molar-refractivity contribution in [3.05, 3.63) is 33.9 Å². The van der Waals surface area contributed by atoms with Crippen LogP contribution in [-0.2, 0) is 0 Å². The largest absolute Gasteiger partial charge is 0.389 e. The van der Waals surface area contributed by atoms with Gasteiger partial charge >= 0.3 is 0 Å². The summed E-state index contributed by atoms with van der Waals surface area (Å²) in [7, 11) is 0. The molecule has 1 saturated heterocycles. The Labute approximate surface area is 87.1 Å². The molecular formula is C10H12N2O3. The van der Waals surface area contributed by atoms with E-state index in [0.717, 1.165) is 5.56 Å².